The molecule has 76 valence electrons. The summed E-state index contributed by atoms with van der Waals surface area (Å²) in [4.78, 5) is 6.24. The molecule has 1 aromatic rings. The van der Waals surface area contributed by atoms with Crippen molar-refractivity contribution in [3.63, 3.8) is 0 Å². The lowest BCUT2D eigenvalue weighted by Crippen LogP contribution is -2.31. The Morgan fingerprint density at radius 3 is 3.07 bits per heavy atom. The smallest absolute Gasteiger partial charge is 0.0959 e. The van der Waals surface area contributed by atoms with Gasteiger partial charge in [-0.3, -0.25) is 4.98 Å². The highest BCUT2D eigenvalue weighted by Gasteiger charge is 2.28. The summed E-state index contributed by atoms with van der Waals surface area (Å²) in [6, 6.07) is 4.07. The zero-order valence-electron chi connectivity index (χ0n) is 8.43. The average Bonchev–Trinajstić information content (AvgIpc) is 2.65. The van der Waals surface area contributed by atoms with E-state index in [0.29, 0.717) is 0 Å². The van der Waals surface area contributed by atoms with Gasteiger partial charge in [0.05, 0.1) is 6.10 Å². The number of likely N-dealkylation sites (N-methyl/N-ethyl adjacent to an activating group) is 1. The molecule has 0 bridgehead atoms. The zero-order valence-corrected chi connectivity index (χ0v) is 8.43. The number of hydrogen-bond acceptors (Lipinski definition) is 3. The Morgan fingerprint density at radius 2 is 2.50 bits per heavy atom. The predicted octanol–water partition coefficient (Wildman–Crippen LogP) is 1.21. The lowest BCUT2D eigenvalue weighted by atomic mass is 10.0. The summed E-state index contributed by atoms with van der Waals surface area (Å²) in [5.41, 5.74) is 0.922. The molecule has 0 radical (unpaired) electrons. The van der Waals surface area contributed by atoms with E-state index in [0.717, 1.165) is 18.5 Å². The fourth-order valence-electron chi connectivity index (χ4n) is 2.11. The van der Waals surface area contributed by atoms with Crippen LogP contribution in [0.3, 0.4) is 0 Å². The second-order valence-electron chi connectivity index (χ2n) is 3.92. The van der Waals surface area contributed by atoms with Gasteiger partial charge in [0, 0.05) is 24.0 Å². The fourth-order valence-corrected chi connectivity index (χ4v) is 2.11. The highest BCUT2D eigenvalue weighted by molar-refractivity contribution is 5.14. The van der Waals surface area contributed by atoms with Crippen LogP contribution < -0.4 is 0 Å². The first-order valence-corrected chi connectivity index (χ1v) is 5.07. The van der Waals surface area contributed by atoms with E-state index in [9.17, 15) is 5.11 Å². The summed E-state index contributed by atoms with van der Waals surface area (Å²) in [6.45, 7) is 1.09. The van der Waals surface area contributed by atoms with E-state index in [4.69, 9.17) is 0 Å². The molecular weight excluding hydrogens is 176 g/mol. The molecule has 14 heavy (non-hydrogen) atoms. The number of likely N-dealkylation sites (tertiary alicyclic amines) is 1. The standard InChI is InChI=1S/C11H16N2O/c1-13-7-3-5-10(13)11(14)9-4-2-6-12-8-9/h2,4,6,8,10-11,14H,3,5,7H2,1H3/t10-,11?/m1/s1. The van der Waals surface area contributed by atoms with Gasteiger partial charge < -0.3 is 10.0 Å². The van der Waals surface area contributed by atoms with Crippen molar-refractivity contribution in [3.05, 3.63) is 30.1 Å². The third kappa shape index (κ3) is 1.79. The van der Waals surface area contributed by atoms with Crippen LogP contribution in [0.15, 0.2) is 24.5 Å². The zero-order chi connectivity index (χ0) is 9.97. The molecule has 0 aliphatic carbocycles. The predicted molar refractivity (Wildman–Crippen MR) is 54.8 cm³/mol. The van der Waals surface area contributed by atoms with Crippen LogP contribution in [0.4, 0.5) is 0 Å². The maximum atomic E-state index is 10.1. The van der Waals surface area contributed by atoms with Crippen molar-refractivity contribution < 1.29 is 5.11 Å². The molecule has 1 saturated heterocycles. The van der Waals surface area contributed by atoms with Crippen molar-refractivity contribution in [1.82, 2.24) is 9.88 Å². The van der Waals surface area contributed by atoms with Crippen LogP contribution in [0.25, 0.3) is 0 Å². The molecule has 0 spiro atoms. The topological polar surface area (TPSA) is 36.4 Å². The van der Waals surface area contributed by atoms with E-state index in [1.165, 1.54) is 6.42 Å². The number of aromatic nitrogens is 1. The normalized spacial score (nSPS) is 25.1. The van der Waals surface area contributed by atoms with Gasteiger partial charge in [0.25, 0.3) is 0 Å². The van der Waals surface area contributed by atoms with Crippen LogP contribution in [0.2, 0.25) is 0 Å². The maximum absolute atomic E-state index is 10.1. The van der Waals surface area contributed by atoms with Crippen LogP contribution in [-0.4, -0.2) is 34.6 Å². The van der Waals surface area contributed by atoms with Gasteiger partial charge in [0.1, 0.15) is 0 Å². The number of nitrogens with zero attached hydrogens (tertiary/aromatic N) is 2. The summed E-state index contributed by atoms with van der Waals surface area (Å²) in [6.07, 6.45) is 5.34. The second kappa shape index (κ2) is 4.07. The first kappa shape index (κ1) is 9.62. The third-order valence-corrected chi connectivity index (χ3v) is 2.97. The molecule has 0 saturated carbocycles. The molecule has 0 amide bonds. The SMILES string of the molecule is CN1CCC[C@@H]1C(O)c1cccnc1. The highest BCUT2D eigenvalue weighted by Crippen LogP contribution is 2.27. The lowest BCUT2D eigenvalue weighted by Gasteiger charge is -2.24. The summed E-state index contributed by atoms with van der Waals surface area (Å²) < 4.78 is 0. The van der Waals surface area contributed by atoms with Gasteiger partial charge in [-0.05, 0) is 32.5 Å². The molecule has 1 aliphatic rings. The maximum Gasteiger partial charge on any atom is 0.0959 e. The van der Waals surface area contributed by atoms with E-state index < -0.39 is 6.10 Å². The minimum Gasteiger partial charge on any atom is -0.387 e. The molecule has 2 heterocycles. The summed E-state index contributed by atoms with van der Waals surface area (Å²) >= 11 is 0. The van der Waals surface area contributed by atoms with Crippen LogP contribution in [0.1, 0.15) is 24.5 Å². The van der Waals surface area contributed by atoms with Crippen molar-refractivity contribution in [1.29, 1.82) is 0 Å². The van der Waals surface area contributed by atoms with E-state index in [1.54, 1.807) is 12.4 Å². The molecule has 0 aromatic carbocycles. The lowest BCUT2D eigenvalue weighted by molar-refractivity contribution is 0.0854. The van der Waals surface area contributed by atoms with Crippen molar-refractivity contribution in [3.8, 4) is 0 Å². The average molecular weight is 192 g/mol. The second-order valence-corrected chi connectivity index (χ2v) is 3.92. The third-order valence-electron chi connectivity index (χ3n) is 2.97. The van der Waals surface area contributed by atoms with Gasteiger partial charge in [-0.15, -0.1) is 0 Å². The van der Waals surface area contributed by atoms with E-state index in [2.05, 4.69) is 16.9 Å². The molecule has 2 atom stereocenters. The fraction of sp³-hybridized carbons (Fsp3) is 0.545. The van der Waals surface area contributed by atoms with E-state index in [-0.39, 0.29) is 6.04 Å². The van der Waals surface area contributed by atoms with Crippen molar-refractivity contribution >= 4 is 0 Å². The van der Waals surface area contributed by atoms with Crippen LogP contribution in [0.5, 0.6) is 0 Å². The van der Waals surface area contributed by atoms with Crippen molar-refractivity contribution in [2.75, 3.05) is 13.6 Å². The van der Waals surface area contributed by atoms with Crippen LogP contribution in [0, 0.1) is 0 Å². The quantitative estimate of drug-likeness (QED) is 0.765. The molecule has 3 heteroatoms. The summed E-state index contributed by atoms with van der Waals surface area (Å²) in [7, 11) is 2.07. The number of hydrogen-bond donors (Lipinski definition) is 1. The monoisotopic (exact) mass is 192 g/mol. The number of aliphatic hydroxyl groups excluding tert-OH is 1. The van der Waals surface area contributed by atoms with E-state index in [1.807, 2.05) is 12.1 Å². The molecule has 1 aliphatic heterocycles. The highest BCUT2D eigenvalue weighted by atomic mass is 16.3. The van der Waals surface area contributed by atoms with Gasteiger partial charge in [0.2, 0.25) is 0 Å². The first-order chi connectivity index (χ1) is 6.79. The minimum absolute atomic E-state index is 0.263. The summed E-state index contributed by atoms with van der Waals surface area (Å²) in [5.74, 6) is 0. The van der Waals surface area contributed by atoms with Crippen molar-refractivity contribution in [2.24, 2.45) is 0 Å². The molecule has 1 aromatic heterocycles. The van der Waals surface area contributed by atoms with E-state index >= 15 is 0 Å². The Bertz CT molecular complexity index is 289. The van der Waals surface area contributed by atoms with Gasteiger partial charge in [-0.25, -0.2) is 0 Å². The first-order valence-electron chi connectivity index (χ1n) is 5.07. The number of rotatable bonds is 2. The Kier molecular flexibility index (Phi) is 2.79. The molecule has 1 N–H and O–H groups in total. The van der Waals surface area contributed by atoms with Gasteiger partial charge in [-0.1, -0.05) is 6.07 Å². The Balaban J connectivity index is 2.12. The van der Waals surface area contributed by atoms with Crippen LogP contribution in [-0.2, 0) is 0 Å². The molecule has 2 rings (SSSR count). The van der Waals surface area contributed by atoms with Gasteiger partial charge in [0.15, 0.2) is 0 Å². The van der Waals surface area contributed by atoms with Crippen molar-refractivity contribution in [2.45, 2.75) is 25.0 Å². The molecule has 1 unspecified atom stereocenters. The largest absolute Gasteiger partial charge is 0.387 e. The molecular formula is C11H16N2O. The number of aliphatic hydroxyl groups is 1. The summed E-state index contributed by atoms with van der Waals surface area (Å²) in [5, 5.41) is 10.1. The molecule has 3 nitrogen and oxygen atoms in total. The Hall–Kier alpha value is -0.930. The van der Waals surface area contributed by atoms with Gasteiger partial charge >= 0.3 is 0 Å². The van der Waals surface area contributed by atoms with Gasteiger partial charge in [-0.2, -0.15) is 0 Å². The Morgan fingerprint density at radius 1 is 1.64 bits per heavy atom. The number of pyridine rings is 1. The Labute approximate surface area is 84.4 Å². The minimum atomic E-state index is -0.392. The van der Waals surface area contributed by atoms with Crippen LogP contribution >= 0.6 is 0 Å². The molecule has 1 fully saturated rings.